The molecule has 1 amide bonds. The molecule has 7 heteroatoms. The summed E-state index contributed by atoms with van der Waals surface area (Å²) < 4.78 is 16.4. The van der Waals surface area contributed by atoms with Gasteiger partial charge in [0.1, 0.15) is 10.6 Å². The summed E-state index contributed by atoms with van der Waals surface area (Å²) in [6.45, 7) is 4.33. The first-order valence-corrected chi connectivity index (χ1v) is 10.8. The molecule has 0 aliphatic heterocycles. The molecule has 1 aromatic heterocycles. The number of benzene rings is 2. The molecule has 2 aromatic carbocycles. The standard InChI is InChI=1S/C20H21N3O2S2/c1-3-14(2)15-9-11-16(12-10-15)21-20(24)19-18(22-23-26-19)13-27(25)17-7-5-4-6-8-17/h4-12,14H,3,13H2,1-2H3,(H,21,24). The van der Waals surface area contributed by atoms with Crippen LogP contribution in [0.3, 0.4) is 0 Å². The molecule has 3 rings (SSSR count). The van der Waals surface area contributed by atoms with E-state index in [1.54, 1.807) is 12.1 Å². The molecule has 2 atom stereocenters. The Bertz CT molecular complexity index is 924. The number of rotatable bonds is 7. The molecule has 1 N–H and O–H groups in total. The lowest BCUT2D eigenvalue weighted by molar-refractivity contribution is 0.102. The Morgan fingerprint density at radius 2 is 1.85 bits per heavy atom. The van der Waals surface area contributed by atoms with Gasteiger partial charge in [0.2, 0.25) is 0 Å². The van der Waals surface area contributed by atoms with Gasteiger partial charge in [-0.1, -0.05) is 48.7 Å². The van der Waals surface area contributed by atoms with Crippen LogP contribution in [0.25, 0.3) is 0 Å². The van der Waals surface area contributed by atoms with Gasteiger partial charge in [-0.15, -0.1) is 5.10 Å². The van der Waals surface area contributed by atoms with Crippen LogP contribution in [0.1, 0.15) is 47.1 Å². The smallest absolute Gasteiger partial charge is 0.269 e. The van der Waals surface area contributed by atoms with Crippen LogP contribution in [0.15, 0.2) is 59.5 Å². The Morgan fingerprint density at radius 3 is 2.52 bits per heavy atom. The number of anilines is 1. The van der Waals surface area contributed by atoms with Crippen molar-refractivity contribution in [2.75, 3.05) is 5.32 Å². The van der Waals surface area contributed by atoms with E-state index in [9.17, 15) is 9.00 Å². The monoisotopic (exact) mass is 399 g/mol. The average molecular weight is 400 g/mol. The highest BCUT2D eigenvalue weighted by Gasteiger charge is 2.19. The Kier molecular flexibility index (Phi) is 6.47. The van der Waals surface area contributed by atoms with Crippen LogP contribution >= 0.6 is 11.5 Å². The Labute approximate surface area is 165 Å². The lowest BCUT2D eigenvalue weighted by atomic mass is 9.99. The minimum absolute atomic E-state index is 0.163. The van der Waals surface area contributed by atoms with Gasteiger partial charge in [0, 0.05) is 10.6 Å². The zero-order valence-electron chi connectivity index (χ0n) is 15.2. The molecule has 0 bridgehead atoms. The molecule has 2 unspecified atom stereocenters. The maximum atomic E-state index is 12.6. The van der Waals surface area contributed by atoms with Gasteiger partial charge < -0.3 is 5.32 Å². The summed E-state index contributed by atoms with van der Waals surface area (Å²) in [5.74, 6) is 0.373. The number of amides is 1. The highest BCUT2D eigenvalue weighted by atomic mass is 32.2. The summed E-state index contributed by atoms with van der Waals surface area (Å²) in [7, 11) is -1.27. The molecule has 0 saturated heterocycles. The molecule has 3 aromatic rings. The van der Waals surface area contributed by atoms with E-state index in [1.165, 1.54) is 5.56 Å². The van der Waals surface area contributed by atoms with E-state index in [-0.39, 0.29) is 11.7 Å². The van der Waals surface area contributed by atoms with Crippen LogP contribution in [0.5, 0.6) is 0 Å². The van der Waals surface area contributed by atoms with Gasteiger partial charge >= 0.3 is 0 Å². The summed E-state index contributed by atoms with van der Waals surface area (Å²) in [5, 5.41) is 6.88. The molecule has 5 nitrogen and oxygen atoms in total. The van der Waals surface area contributed by atoms with Crippen molar-refractivity contribution in [3.63, 3.8) is 0 Å². The van der Waals surface area contributed by atoms with Crippen LogP contribution < -0.4 is 5.32 Å². The lowest BCUT2D eigenvalue weighted by Crippen LogP contribution is -2.13. The number of aromatic nitrogens is 2. The Balaban J connectivity index is 1.69. The van der Waals surface area contributed by atoms with Crippen LogP contribution in [-0.2, 0) is 16.6 Å². The predicted molar refractivity (Wildman–Crippen MR) is 110 cm³/mol. The third-order valence-electron chi connectivity index (χ3n) is 4.39. The average Bonchev–Trinajstić information content (AvgIpc) is 3.17. The topological polar surface area (TPSA) is 72.0 Å². The molecule has 27 heavy (non-hydrogen) atoms. The molecule has 0 saturated carbocycles. The second-order valence-electron chi connectivity index (χ2n) is 6.24. The summed E-state index contributed by atoms with van der Waals surface area (Å²) in [6.07, 6.45) is 1.07. The van der Waals surface area contributed by atoms with Crippen molar-refractivity contribution in [1.29, 1.82) is 0 Å². The summed E-state index contributed by atoms with van der Waals surface area (Å²) in [4.78, 5) is 13.7. The number of carbonyl (C=O) groups is 1. The molecule has 0 fully saturated rings. The van der Waals surface area contributed by atoms with Crippen LogP contribution in [0, 0.1) is 0 Å². The van der Waals surface area contributed by atoms with Crippen molar-refractivity contribution in [2.45, 2.75) is 36.8 Å². The molecular weight excluding hydrogens is 378 g/mol. The summed E-state index contributed by atoms with van der Waals surface area (Å²) >= 11 is 1.02. The van der Waals surface area contributed by atoms with Gasteiger partial charge in [0.05, 0.1) is 16.6 Å². The predicted octanol–water partition coefficient (Wildman–Crippen LogP) is 4.61. The van der Waals surface area contributed by atoms with E-state index >= 15 is 0 Å². The van der Waals surface area contributed by atoms with E-state index in [1.807, 2.05) is 42.5 Å². The second kappa shape index (κ2) is 9.01. The van der Waals surface area contributed by atoms with Crippen LogP contribution in [0.4, 0.5) is 5.69 Å². The molecule has 0 spiro atoms. The molecule has 0 aliphatic rings. The minimum Gasteiger partial charge on any atom is -0.321 e. The first-order valence-electron chi connectivity index (χ1n) is 8.74. The fourth-order valence-electron chi connectivity index (χ4n) is 2.57. The van der Waals surface area contributed by atoms with Crippen molar-refractivity contribution in [2.24, 2.45) is 0 Å². The first-order chi connectivity index (χ1) is 13.1. The maximum absolute atomic E-state index is 12.6. The van der Waals surface area contributed by atoms with E-state index in [4.69, 9.17) is 0 Å². The zero-order chi connectivity index (χ0) is 19.2. The highest BCUT2D eigenvalue weighted by Crippen LogP contribution is 2.22. The zero-order valence-corrected chi connectivity index (χ0v) is 16.8. The normalized spacial score (nSPS) is 13.1. The molecule has 1 heterocycles. The van der Waals surface area contributed by atoms with E-state index in [0.717, 1.165) is 23.6 Å². The van der Waals surface area contributed by atoms with E-state index in [2.05, 4.69) is 28.8 Å². The molecule has 0 radical (unpaired) electrons. The fraction of sp³-hybridized carbons (Fsp3) is 0.250. The number of hydrogen-bond acceptors (Lipinski definition) is 5. The van der Waals surface area contributed by atoms with E-state index < -0.39 is 10.8 Å². The van der Waals surface area contributed by atoms with Gasteiger partial charge in [-0.25, -0.2) is 0 Å². The molecule has 0 aliphatic carbocycles. The number of carbonyl (C=O) groups excluding carboxylic acids is 1. The lowest BCUT2D eigenvalue weighted by Gasteiger charge is -2.10. The van der Waals surface area contributed by atoms with Gasteiger partial charge in [0.15, 0.2) is 0 Å². The Morgan fingerprint density at radius 1 is 1.15 bits per heavy atom. The quantitative estimate of drug-likeness (QED) is 0.630. The van der Waals surface area contributed by atoms with Gasteiger partial charge in [0.25, 0.3) is 5.91 Å². The van der Waals surface area contributed by atoms with Crippen LogP contribution in [0.2, 0.25) is 0 Å². The van der Waals surface area contributed by atoms with Crippen molar-refractivity contribution >= 4 is 33.9 Å². The molecule has 140 valence electrons. The molecular formula is C20H21N3O2S2. The van der Waals surface area contributed by atoms with Gasteiger partial charge in [-0.05, 0) is 53.7 Å². The second-order valence-corrected chi connectivity index (χ2v) is 8.44. The number of hydrogen-bond donors (Lipinski definition) is 1. The largest absolute Gasteiger partial charge is 0.321 e. The van der Waals surface area contributed by atoms with Crippen LogP contribution in [-0.4, -0.2) is 19.7 Å². The number of nitrogens with one attached hydrogen (secondary N) is 1. The fourth-order valence-corrected chi connectivity index (χ4v) is 4.32. The summed E-state index contributed by atoms with van der Waals surface area (Å²) in [6, 6.07) is 17.0. The Hall–Kier alpha value is -2.38. The first kappa shape index (κ1) is 19.4. The number of nitrogens with zero attached hydrogens (tertiary/aromatic N) is 2. The third kappa shape index (κ3) is 4.87. The van der Waals surface area contributed by atoms with Gasteiger partial charge in [-0.2, -0.15) is 0 Å². The van der Waals surface area contributed by atoms with Crippen molar-refractivity contribution < 1.29 is 9.00 Å². The van der Waals surface area contributed by atoms with Crippen molar-refractivity contribution in [3.8, 4) is 0 Å². The van der Waals surface area contributed by atoms with Gasteiger partial charge in [-0.3, -0.25) is 9.00 Å². The maximum Gasteiger partial charge on any atom is 0.269 e. The minimum atomic E-state index is -1.27. The summed E-state index contributed by atoms with van der Waals surface area (Å²) in [5.41, 5.74) is 2.42. The highest BCUT2D eigenvalue weighted by molar-refractivity contribution is 7.84. The van der Waals surface area contributed by atoms with Crippen molar-refractivity contribution in [1.82, 2.24) is 9.59 Å². The van der Waals surface area contributed by atoms with Crippen molar-refractivity contribution in [3.05, 3.63) is 70.7 Å². The van der Waals surface area contributed by atoms with E-state index in [0.29, 0.717) is 21.4 Å². The third-order valence-corrected chi connectivity index (χ3v) is 6.49. The SMILES string of the molecule is CCC(C)c1ccc(NC(=O)c2snnc2CS(=O)c2ccccc2)cc1.